The van der Waals surface area contributed by atoms with E-state index < -0.39 is 0 Å². The molecule has 1 atom stereocenters. The van der Waals surface area contributed by atoms with Crippen molar-refractivity contribution in [3.8, 4) is 0 Å². The maximum absolute atomic E-state index is 3.85. The molecule has 0 saturated heterocycles. The number of fused-ring (bicyclic) bond motifs is 1. The molecule has 17 heavy (non-hydrogen) atoms. The molecule has 0 radical (unpaired) electrons. The van der Waals surface area contributed by atoms with Crippen molar-refractivity contribution < 1.29 is 0 Å². The van der Waals surface area contributed by atoms with Crippen LogP contribution >= 0.6 is 0 Å². The van der Waals surface area contributed by atoms with E-state index in [1.165, 1.54) is 38.5 Å². The van der Waals surface area contributed by atoms with Crippen LogP contribution < -0.4 is 5.32 Å². The third-order valence-electron chi connectivity index (χ3n) is 3.92. The monoisotopic (exact) mass is 231 g/mol. The summed E-state index contributed by atoms with van der Waals surface area (Å²) < 4.78 is 0. The van der Waals surface area contributed by atoms with Crippen LogP contribution in [0, 0.1) is 0 Å². The third kappa shape index (κ3) is 3.32. The van der Waals surface area contributed by atoms with Crippen LogP contribution in [0.15, 0.2) is 24.3 Å². The maximum atomic E-state index is 3.85. The van der Waals surface area contributed by atoms with Crippen molar-refractivity contribution in [2.75, 3.05) is 0 Å². The molecule has 1 nitrogen and oxygen atoms in total. The van der Waals surface area contributed by atoms with Crippen LogP contribution in [0.4, 0.5) is 0 Å². The Balaban J connectivity index is 1.85. The molecule has 1 heteroatoms. The van der Waals surface area contributed by atoms with E-state index in [1.807, 2.05) is 0 Å². The van der Waals surface area contributed by atoms with E-state index in [2.05, 4.69) is 43.4 Å². The Hall–Kier alpha value is -0.820. The van der Waals surface area contributed by atoms with Gasteiger partial charge in [0.05, 0.1) is 0 Å². The quantitative estimate of drug-likeness (QED) is 0.787. The highest BCUT2D eigenvalue weighted by atomic mass is 14.9. The van der Waals surface area contributed by atoms with E-state index in [9.17, 15) is 0 Å². The Morgan fingerprint density at radius 2 is 1.82 bits per heavy atom. The van der Waals surface area contributed by atoms with Gasteiger partial charge < -0.3 is 5.32 Å². The van der Waals surface area contributed by atoms with E-state index in [1.54, 1.807) is 11.1 Å². The molecule has 0 aliphatic heterocycles. The number of rotatable bonds is 6. The number of benzene rings is 1. The second-order valence-electron chi connectivity index (χ2n) is 5.29. The lowest BCUT2D eigenvalue weighted by Crippen LogP contribution is -2.38. The molecule has 0 amide bonds. The zero-order valence-corrected chi connectivity index (χ0v) is 11.2. The highest BCUT2D eigenvalue weighted by molar-refractivity contribution is 5.33. The molecule has 2 rings (SSSR count). The lowest BCUT2D eigenvalue weighted by molar-refractivity contribution is 0.396. The van der Waals surface area contributed by atoms with Crippen molar-refractivity contribution in [2.24, 2.45) is 0 Å². The molecule has 0 bridgehead atoms. The molecule has 94 valence electrons. The molecule has 1 aromatic carbocycles. The molecule has 0 aromatic heterocycles. The minimum Gasteiger partial charge on any atom is -0.311 e. The lowest BCUT2D eigenvalue weighted by Gasteiger charge is -2.21. The molecule has 1 aromatic rings. The molecule has 0 saturated carbocycles. The van der Waals surface area contributed by atoms with Crippen LogP contribution in [0.1, 0.15) is 50.7 Å². The summed E-state index contributed by atoms with van der Waals surface area (Å²) in [6.45, 7) is 4.58. The van der Waals surface area contributed by atoms with Crippen molar-refractivity contribution >= 4 is 0 Å². The van der Waals surface area contributed by atoms with Gasteiger partial charge in [-0.15, -0.1) is 0 Å². The zero-order valence-electron chi connectivity index (χ0n) is 11.2. The van der Waals surface area contributed by atoms with E-state index in [-0.39, 0.29) is 0 Å². The molecule has 1 aliphatic rings. The minimum atomic E-state index is 0.675. The summed E-state index contributed by atoms with van der Waals surface area (Å²) in [5.41, 5.74) is 3.10. The summed E-state index contributed by atoms with van der Waals surface area (Å²) in [7, 11) is 0. The van der Waals surface area contributed by atoms with Gasteiger partial charge in [-0.2, -0.15) is 0 Å². The number of nitrogens with one attached hydrogen (secondary N) is 1. The molecule has 1 aliphatic carbocycles. The SMILES string of the molecule is CCCCC(CC)NC1Cc2ccccc2C1. The van der Waals surface area contributed by atoms with E-state index in [0.29, 0.717) is 12.1 Å². The van der Waals surface area contributed by atoms with Crippen molar-refractivity contribution in [1.29, 1.82) is 0 Å². The molecule has 0 fully saturated rings. The van der Waals surface area contributed by atoms with Crippen LogP contribution in [0.3, 0.4) is 0 Å². The highest BCUT2D eigenvalue weighted by Gasteiger charge is 2.22. The first-order valence-electron chi connectivity index (χ1n) is 7.16. The van der Waals surface area contributed by atoms with Gasteiger partial charge in [0.25, 0.3) is 0 Å². The molecular formula is C16H25N. The van der Waals surface area contributed by atoms with Crippen LogP contribution in [0.5, 0.6) is 0 Å². The van der Waals surface area contributed by atoms with Gasteiger partial charge in [-0.3, -0.25) is 0 Å². The van der Waals surface area contributed by atoms with Gasteiger partial charge >= 0.3 is 0 Å². The second-order valence-corrected chi connectivity index (χ2v) is 5.29. The Morgan fingerprint density at radius 1 is 1.18 bits per heavy atom. The van der Waals surface area contributed by atoms with Crippen LogP contribution in [0.25, 0.3) is 0 Å². The van der Waals surface area contributed by atoms with Gasteiger partial charge in [-0.1, -0.05) is 51.0 Å². The predicted molar refractivity (Wildman–Crippen MR) is 74.4 cm³/mol. The summed E-state index contributed by atoms with van der Waals surface area (Å²) in [4.78, 5) is 0. The fourth-order valence-corrected chi connectivity index (χ4v) is 2.87. The van der Waals surface area contributed by atoms with Gasteiger partial charge in [0.15, 0.2) is 0 Å². The maximum Gasteiger partial charge on any atom is 0.0151 e. The lowest BCUT2D eigenvalue weighted by atomic mass is 10.1. The smallest absolute Gasteiger partial charge is 0.0151 e. The molecule has 0 spiro atoms. The Morgan fingerprint density at radius 3 is 2.35 bits per heavy atom. The standard InChI is InChI=1S/C16H25N/c1-3-5-10-15(4-2)17-16-11-13-8-6-7-9-14(13)12-16/h6-9,15-17H,3-5,10-12H2,1-2H3. The van der Waals surface area contributed by atoms with Gasteiger partial charge in [-0.25, -0.2) is 0 Å². The van der Waals surface area contributed by atoms with Crippen LogP contribution in [0.2, 0.25) is 0 Å². The molecule has 1 unspecified atom stereocenters. The average Bonchev–Trinajstić information content (AvgIpc) is 2.76. The fraction of sp³-hybridized carbons (Fsp3) is 0.625. The van der Waals surface area contributed by atoms with Crippen molar-refractivity contribution in [1.82, 2.24) is 5.32 Å². The van der Waals surface area contributed by atoms with E-state index in [0.717, 1.165) is 0 Å². The van der Waals surface area contributed by atoms with Crippen LogP contribution in [-0.2, 0) is 12.8 Å². The highest BCUT2D eigenvalue weighted by Crippen LogP contribution is 2.22. The first-order chi connectivity index (χ1) is 8.33. The number of hydrogen-bond donors (Lipinski definition) is 1. The van der Waals surface area contributed by atoms with E-state index in [4.69, 9.17) is 0 Å². The predicted octanol–water partition coefficient (Wildman–Crippen LogP) is 3.71. The van der Waals surface area contributed by atoms with Gasteiger partial charge in [0, 0.05) is 12.1 Å². The van der Waals surface area contributed by atoms with Crippen molar-refractivity contribution in [3.63, 3.8) is 0 Å². The summed E-state index contributed by atoms with van der Waals surface area (Å²) in [5, 5.41) is 3.85. The van der Waals surface area contributed by atoms with Gasteiger partial charge in [0.2, 0.25) is 0 Å². The number of hydrogen-bond acceptors (Lipinski definition) is 1. The van der Waals surface area contributed by atoms with Crippen molar-refractivity contribution in [2.45, 2.75) is 64.5 Å². The molecule has 0 heterocycles. The summed E-state index contributed by atoms with van der Waals surface area (Å²) in [5.74, 6) is 0. The fourth-order valence-electron chi connectivity index (χ4n) is 2.87. The second kappa shape index (κ2) is 6.20. The minimum absolute atomic E-state index is 0.675. The average molecular weight is 231 g/mol. The largest absolute Gasteiger partial charge is 0.311 e. The zero-order chi connectivity index (χ0) is 12.1. The summed E-state index contributed by atoms with van der Waals surface area (Å²) in [6, 6.07) is 10.3. The first kappa shape index (κ1) is 12.6. The van der Waals surface area contributed by atoms with Gasteiger partial charge in [-0.05, 0) is 36.8 Å². The molecule has 1 N–H and O–H groups in total. The third-order valence-corrected chi connectivity index (χ3v) is 3.92. The van der Waals surface area contributed by atoms with Crippen molar-refractivity contribution in [3.05, 3.63) is 35.4 Å². The molecular weight excluding hydrogens is 206 g/mol. The normalized spacial score (nSPS) is 17.1. The first-order valence-corrected chi connectivity index (χ1v) is 7.16. The topological polar surface area (TPSA) is 12.0 Å². The summed E-state index contributed by atoms with van der Waals surface area (Å²) >= 11 is 0. The Labute approximate surface area is 106 Å². The number of unbranched alkanes of at least 4 members (excludes halogenated alkanes) is 1. The van der Waals surface area contributed by atoms with Gasteiger partial charge in [0.1, 0.15) is 0 Å². The summed E-state index contributed by atoms with van der Waals surface area (Å²) in [6.07, 6.45) is 7.69. The Bertz CT molecular complexity index is 320. The van der Waals surface area contributed by atoms with Crippen LogP contribution in [-0.4, -0.2) is 12.1 Å². The van der Waals surface area contributed by atoms with E-state index >= 15 is 0 Å². The Kier molecular flexibility index (Phi) is 4.61.